The molecule has 0 saturated heterocycles. The van der Waals surface area contributed by atoms with Crippen LogP contribution in [0.1, 0.15) is 11.3 Å². The van der Waals surface area contributed by atoms with Crippen LogP contribution >= 0.6 is 54.8 Å². The number of nitrogens with zero attached hydrogens (tertiary/aromatic N) is 1. The first-order valence-corrected chi connectivity index (χ1v) is 13.4. The Kier molecular flexibility index (Phi) is 6.93. The van der Waals surface area contributed by atoms with E-state index < -0.39 is 0 Å². The number of hydrogen-bond acceptors (Lipinski definition) is 4. The van der Waals surface area contributed by atoms with E-state index in [2.05, 4.69) is 37.2 Å². The van der Waals surface area contributed by atoms with Crippen molar-refractivity contribution in [3.05, 3.63) is 98.1 Å². The number of carbonyl (C=O) groups is 1. The Labute approximate surface area is 227 Å². The molecule has 174 valence electrons. The maximum Gasteiger partial charge on any atom is 0.248 e. The fraction of sp³-hybridized carbons (Fsp3) is 0.0370. The Morgan fingerprint density at radius 3 is 2.71 bits per heavy atom. The number of halogens is 3. The number of aromatic nitrogens is 1. The Balaban J connectivity index is 1.38. The molecule has 0 spiro atoms. The van der Waals surface area contributed by atoms with E-state index in [0.717, 1.165) is 40.9 Å². The fourth-order valence-electron chi connectivity index (χ4n) is 3.52. The van der Waals surface area contributed by atoms with Crippen molar-refractivity contribution in [3.8, 4) is 21.9 Å². The lowest BCUT2D eigenvalue weighted by molar-refractivity contribution is -0.111. The minimum Gasteiger partial charge on any atom is -0.457 e. The summed E-state index contributed by atoms with van der Waals surface area (Å²) >= 11 is 14.9. The number of furan rings is 1. The van der Waals surface area contributed by atoms with Crippen LogP contribution in [0, 0.1) is 6.92 Å². The van der Waals surface area contributed by atoms with E-state index in [9.17, 15) is 4.79 Å². The van der Waals surface area contributed by atoms with Crippen molar-refractivity contribution in [2.75, 3.05) is 5.32 Å². The van der Waals surface area contributed by atoms with Crippen LogP contribution in [0.15, 0.2) is 86.2 Å². The average Bonchev–Trinajstić information content (AvgIpc) is 3.48. The van der Waals surface area contributed by atoms with Crippen LogP contribution in [0.5, 0.6) is 0 Å². The first kappa shape index (κ1) is 24.0. The highest BCUT2D eigenvalue weighted by Gasteiger charge is 2.16. The second-order valence-electron chi connectivity index (χ2n) is 7.79. The third-order valence-electron chi connectivity index (χ3n) is 5.31. The van der Waals surface area contributed by atoms with Crippen molar-refractivity contribution in [2.45, 2.75) is 6.92 Å². The van der Waals surface area contributed by atoms with Crippen molar-refractivity contribution < 1.29 is 9.21 Å². The monoisotopic (exact) mass is 626 g/mol. The highest BCUT2D eigenvalue weighted by Crippen LogP contribution is 2.40. The average molecular weight is 629 g/mol. The number of nitrogens with one attached hydrogen (secondary N) is 1. The number of rotatable bonds is 5. The zero-order chi connectivity index (χ0) is 24.5. The first-order valence-electron chi connectivity index (χ1n) is 10.6. The van der Waals surface area contributed by atoms with Gasteiger partial charge in [-0.15, -0.1) is 11.3 Å². The molecule has 0 saturated carbocycles. The van der Waals surface area contributed by atoms with Gasteiger partial charge >= 0.3 is 0 Å². The molecule has 5 rings (SSSR count). The quantitative estimate of drug-likeness (QED) is 0.197. The van der Waals surface area contributed by atoms with Crippen molar-refractivity contribution >= 4 is 82.7 Å². The van der Waals surface area contributed by atoms with Gasteiger partial charge in [-0.05, 0) is 77.0 Å². The fourth-order valence-corrected chi connectivity index (χ4v) is 6.02. The molecule has 0 aliphatic rings. The molecule has 5 aromatic rings. The van der Waals surface area contributed by atoms with E-state index in [1.54, 1.807) is 17.4 Å². The normalized spacial score (nSPS) is 11.4. The summed E-state index contributed by atoms with van der Waals surface area (Å²) in [5.41, 5.74) is 4.28. The van der Waals surface area contributed by atoms with Crippen molar-refractivity contribution in [3.63, 3.8) is 0 Å². The summed E-state index contributed by atoms with van der Waals surface area (Å²) in [7, 11) is 0. The molecule has 2 heterocycles. The summed E-state index contributed by atoms with van der Waals surface area (Å²) in [5.74, 6) is 0.959. The second-order valence-corrected chi connectivity index (χ2v) is 11.0. The highest BCUT2D eigenvalue weighted by atomic mass is 79.9. The van der Waals surface area contributed by atoms with Crippen LogP contribution in [0.25, 0.3) is 38.2 Å². The standard InChI is InChI=1S/C27H17Br2ClN2O2S/c1-15-6-7-16(12-21(15)30)23-10-8-18(34-23)9-11-25(33)32-26-19(13-17(28)14-20(26)29)27-31-22-4-2-3-5-24(22)35-27/h2-14H,1H3,(H,32,33). The number of para-hydroxylation sites is 1. The molecule has 8 heteroatoms. The van der Waals surface area contributed by atoms with Gasteiger partial charge in [0.2, 0.25) is 5.91 Å². The number of hydrogen-bond donors (Lipinski definition) is 1. The SMILES string of the molecule is Cc1ccc(-c2ccc(C=CC(=O)Nc3c(Br)cc(Br)cc3-c3nc4ccccc4s3)o2)cc1Cl. The number of fused-ring (bicyclic) bond motifs is 1. The molecule has 35 heavy (non-hydrogen) atoms. The van der Waals surface area contributed by atoms with E-state index in [1.165, 1.54) is 6.08 Å². The third-order valence-corrected chi connectivity index (χ3v) is 7.87. The number of aryl methyl sites for hydroxylation is 1. The molecule has 0 fully saturated rings. The van der Waals surface area contributed by atoms with Gasteiger partial charge in [0.25, 0.3) is 0 Å². The number of carbonyl (C=O) groups excluding carboxylic acids is 1. The van der Waals surface area contributed by atoms with Crippen molar-refractivity contribution in [1.82, 2.24) is 4.98 Å². The van der Waals surface area contributed by atoms with Crippen LogP contribution in [0.4, 0.5) is 5.69 Å². The summed E-state index contributed by atoms with van der Waals surface area (Å²) in [5, 5.41) is 4.48. The third kappa shape index (κ3) is 5.28. The summed E-state index contributed by atoms with van der Waals surface area (Å²) < 4.78 is 8.60. The van der Waals surface area contributed by atoms with Crippen LogP contribution in [0.3, 0.4) is 0 Å². The van der Waals surface area contributed by atoms with Gasteiger partial charge in [-0.3, -0.25) is 4.79 Å². The molecule has 2 aromatic heterocycles. The highest BCUT2D eigenvalue weighted by molar-refractivity contribution is 9.11. The van der Waals surface area contributed by atoms with E-state index >= 15 is 0 Å². The minimum atomic E-state index is -0.285. The lowest BCUT2D eigenvalue weighted by Crippen LogP contribution is -2.09. The maximum absolute atomic E-state index is 12.8. The van der Waals surface area contributed by atoms with Gasteiger partial charge in [-0.1, -0.05) is 51.8 Å². The van der Waals surface area contributed by atoms with E-state index in [4.69, 9.17) is 21.0 Å². The molecule has 4 nitrogen and oxygen atoms in total. The molecule has 1 amide bonds. The lowest BCUT2D eigenvalue weighted by Gasteiger charge is -2.11. The molecular weight excluding hydrogens is 612 g/mol. The topological polar surface area (TPSA) is 55.1 Å². The number of anilines is 1. The zero-order valence-electron chi connectivity index (χ0n) is 18.3. The molecule has 0 aliphatic carbocycles. The first-order chi connectivity index (χ1) is 16.9. The molecule has 0 unspecified atom stereocenters. The van der Waals surface area contributed by atoms with Crippen molar-refractivity contribution in [1.29, 1.82) is 0 Å². The summed E-state index contributed by atoms with van der Waals surface area (Å²) in [4.78, 5) is 17.6. The predicted octanol–water partition coefficient (Wildman–Crippen LogP) is 9.36. The van der Waals surface area contributed by atoms with E-state index in [0.29, 0.717) is 22.2 Å². The van der Waals surface area contributed by atoms with Gasteiger partial charge in [-0.2, -0.15) is 0 Å². The Morgan fingerprint density at radius 2 is 1.91 bits per heavy atom. The van der Waals surface area contributed by atoms with Crippen LogP contribution in [-0.2, 0) is 4.79 Å². The largest absolute Gasteiger partial charge is 0.457 e. The van der Waals surface area contributed by atoms with Gasteiger partial charge in [0.1, 0.15) is 16.5 Å². The molecular formula is C27H17Br2ClN2O2S. The molecule has 0 atom stereocenters. The second kappa shape index (κ2) is 10.1. The number of benzene rings is 3. The summed E-state index contributed by atoms with van der Waals surface area (Å²) in [6, 6.07) is 21.2. The zero-order valence-corrected chi connectivity index (χ0v) is 23.1. The predicted molar refractivity (Wildman–Crippen MR) is 152 cm³/mol. The van der Waals surface area contributed by atoms with Crippen molar-refractivity contribution in [2.24, 2.45) is 0 Å². The van der Waals surface area contributed by atoms with Crippen LogP contribution < -0.4 is 5.32 Å². The van der Waals surface area contributed by atoms with E-state index in [-0.39, 0.29) is 5.91 Å². The van der Waals surface area contributed by atoms with Gasteiger partial charge in [-0.25, -0.2) is 4.98 Å². The molecule has 3 aromatic carbocycles. The van der Waals surface area contributed by atoms with Gasteiger partial charge in [0.05, 0.1) is 15.9 Å². The maximum atomic E-state index is 12.8. The Hall–Kier alpha value is -2.71. The smallest absolute Gasteiger partial charge is 0.248 e. The molecule has 0 aliphatic heterocycles. The van der Waals surface area contributed by atoms with Crippen LogP contribution in [0.2, 0.25) is 5.02 Å². The molecule has 0 radical (unpaired) electrons. The summed E-state index contributed by atoms with van der Waals surface area (Å²) in [6.45, 7) is 1.95. The van der Waals surface area contributed by atoms with Gasteiger partial charge in [0, 0.05) is 31.2 Å². The van der Waals surface area contributed by atoms with E-state index in [1.807, 2.05) is 73.7 Å². The molecule has 1 N–H and O–H groups in total. The Morgan fingerprint density at radius 1 is 1.09 bits per heavy atom. The van der Waals surface area contributed by atoms with Gasteiger partial charge in [0.15, 0.2) is 0 Å². The lowest BCUT2D eigenvalue weighted by atomic mass is 10.1. The minimum absolute atomic E-state index is 0.285. The molecule has 0 bridgehead atoms. The van der Waals surface area contributed by atoms with Gasteiger partial charge < -0.3 is 9.73 Å². The summed E-state index contributed by atoms with van der Waals surface area (Å²) in [6.07, 6.45) is 3.08. The number of thiazole rings is 1. The van der Waals surface area contributed by atoms with Crippen LogP contribution in [-0.4, -0.2) is 10.9 Å². The Bertz CT molecular complexity index is 1570. The number of amides is 1.